The summed E-state index contributed by atoms with van der Waals surface area (Å²) < 4.78 is 0. The van der Waals surface area contributed by atoms with Gasteiger partial charge in [-0.15, -0.1) is 0 Å². The van der Waals surface area contributed by atoms with Gasteiger partial charge in [-0.1, -0.05) is 94.3 Å². The Morgan fingerprint density at radius 1 is 0.571 bits per heavy atom. The van der Waals surface area contributed by atoms with Gasteiger partial charge in [-0.05, 0) is 63.8 Å². The summed E-state index contributed by atoms with van der Waals surface area (Å²) in [6.07, 6.45) is 0. The fraction of sp³-hybridized carbons (Fsp3) is 0.231. The van der Waals surface area contributed by atoms with Gasteiger partial charge in [-0.25, -0.2) is 0 Å². The van der Waals surface area contributed by atoms with Crippen LogP contribution in [0.25, 0.3) is 0 Å². The molecule has 3 aromatic carbocycles. The van der Waals surface area contributed by atoms with Crippen LogP contribution in [0.15, 0.2) is 46.4 Å². The Kier molecular flexibility index (Phi) is 12.1. The first-order valence-electron chi connectivity index (χ1n) is 10.3. The molecule has 0 bridgehead atoms. The van der Waals surface area contributed by atoms with Crippen LogP contribution in [0.3, 0.4) is 0 Å². The van der Waals surface area contributed by atoms with Gasteiger partial charge in [0.15, 0.2) is 0 Å². The van der Waals surface area contributed by atoms with Crippen molar-refractivity contribution < 1.29 is 26.7 Å². The molecule has 0 aliphatic carbocycles. The number of aryl methyl sites for hydroxylation is 4. The quantitative estimate of drug-likeness (QED) is 0.132. The van der Waals surface area contributed by atoms with Gasteiger partial charge in [0.2, 0.25) is 0 Å². The van der Waals surface area contributed by atoms with Crippen molar-refractivity contribution in [2.45, 2.75) is 41.5 Å². The van der Waals surface area contributed by atoms with Crippen molar-refractivity contribution in [2.24, 2.45) is 9.98 Å². The molecule has 0 aliphatic heterocycles. The predicted molar refractivity (Wildman–Crippen MR) is 143 cm³/mol. The van der Waals surface area contributed by atoms with Crippen molar-refractivity contribution in [2.75, 3.05) is 0 Å². The van der Waals surface area contributed by atoms with Crippen LogP contribution < -0.4 is 10.2 Å². The Morgan fingerprint density at radius 3 is 1.09 bits per heavy atom. The van der Waals surface area contributed by atoms with Crippen molar-refractivity contribution >= 4 is 69.2 Å². The van der Waals surface area contributed by atoms with Crippen molar-refractivity contribution in [3.8, 4) is 11.5 Å². The maximum atomic E-state index is 10.9. The number of benzene rings is 3. The summed E-state index contributed by atoms with van der Waals surface area (Å²) in [5, 5.41) is 20.6. The van der Waals surface area contributed by atoms with Gasteiger partial charge < -0.3 is 10.2 Å². The molecule has 0 aliphatic rings. The maximum absolute atomic E-state index is 10.9. The van der Waals surface area contributed by atoms with E-state index in [2.05, 4.69) is 64.1 Å². The fourth-order valence-corrected chi connectivity index (χ4v) is 3.87. The zero-order valence-electron chi connectivity index (χ0n) is 20.0. The summed E-state index contributed by atoms with van der Waals surface area (Å²) in [6, 6.07) is 12.5. The van der Waals surface area contributed by atoms with Crippen LogP contribution in [0.1, 0.15) is 36.1 Å². The summed E-state index contributed by atoms with van der Waals surface area (Å²) in [7, 11) is 0. The van der Waals surface area contributed by atoms with Crippen LogP contribution in [-0.2, 0) is 16.5 Å². The first kappa shape index (κ1) is 31.3. The second-order valence-electron chi connectivity index (χ2n) is 7.79. The van der Waals surface area contributed by atoms with Gasteiger partial charge >= 0.3 is 16.5 Å². The van der Waals surface area contributed by atoms with E-state index >= 15 is 0 Å². The Balaban J connectivity index is 0.000000401. The standard InChI is InChI=1S/C20H24N2.C6H2Cl4O2.Ni/c1-13-9-7-10-14(2)19(13)21-17(5)18(6)22-20-15(3)11-8-12-16(20)4;7-1-2(8)4(10)6(12)5(11)3(1)9;/h7-12H,1-6H3;11-12H;/q;;+2/p-2. The molecule has 0 N–H and O–H groups in total. The molecule has 0 atom stereocenters. The van der Waals surface area contributed by atoms with Crippen LogP contribution in [0.5, 0.6) is 11.5 Å². The minimum atomic E-state index is -0.934. The number of halogens is 4. The second kappa shape index (κ2) is 13.5. The number of hydrogen-bond donors (Lipinski definition) is 0. The normalized spacial score (nSPS) is 11.5. The largest absolute Gasteiger partial charge is 2.00 e. The van der Waals surface area contributed by atoms with E-state index in [9.17, 15) is 10.2 Å². The van der Waals surface area contributed by atoms with E-state index < -0.39 is 21.5 Å². The van der Waals surface area contributed by atoms with E-state index in [-0.39, 0.29) is 26.5 Å². The molecule has 188 valence electrons. The minimum absolute atomic E-state index is 0. The topological polar surface area (TPSA) is 70.8 Å². The molecule has 0 saturated carbocycles. The van der Waals surface area contributed by atoms with Crippen LogP contribution >= 0.6 is 46.4 Å². The van der Waals surface area contributed by atoms with Crippen LogP contribution in [0.2, 0.25) is 20.1 Å². The van der Waals surface area contributed by atoms with E-state index in [0.717, 1.165) is 22.8 Å². The Hall–Kier alpha value is -1.75. The fourth-order valence-electron chi connectivity index (χ4n) is 3.05. The number of rotatable bonds is 3. The third-order valence-electron chi connectivity index (χ3n) is 5.14. The molecule has 9 heteroatoms. The second-order valence-corrected chi connectivity index (χ2v) is 9.30. The molecule has 0 saturated heterocycles. The van der Waals surface area contributed by atoms with Crippen molar-refractivity contribution in [1.29, 1.82) is 0 Å². The summed E-state index contributed by atoms with van der Waals surface area (Å²) in [5.74, 6) is -1.87. The molecular weight excluding hydrogens is 573 g/mol. The van der Waals surface area contributed by atoms with Crippen LogP contribution in [0, 0.1) is 27.7 Å². The average Bonchev–Trinajstić information content (AvgIpc) is 2.80. The van der Waals surface area contributed by atoms with Gasteiger partial charge in [0.1, 0.15) is 0 Å². The third-order valence-corrected chi connectivity index (χ3v) is 6.91. The van der Waals surface area contributed by atoms with E-state index in [0.29, 0.717) is 0 Å². The first-order valence-corrected chi connectivity index (χ1v) is 11.8. The molecule has 0 radical (unpaired) electrons. The predicted octanol–water partition coefficient (Wildman–Crippen LogP) is 8.25. The Labute approximate surface area is 236 Å². The number of hydrogen-bond acceptors (Lipinski definition) is 4. The zero-order chi connectivity index (χ0) is 25.7. The summed E-state index contributed by atoms with van der Waals surface area (Å²) >= 11 is 21.7. The monoisotopic (exact) mass is 594 g/mol. The van der Waals surface area contributed by atoms with Gasteiger partial charge in [-0.2, -0.15) is 0 Å². The maximum Gasteiger partial charge on any atom is 2.00 e. The molecule has 0 fully saturated rings. The Bertz CT molecular complexity index is 1080. The van der Waals surface area contributed by atoms with Gasteiger partial charge in [-0.3, -0.25) is 9.98 Å². The number of nitrogens with zero attached hydrogens (tertiary/aromatic N) is 2. The summed E-state index contributed by atoms with van der Waals surface area (Å²) in [5.41, 5.74) is 8.80. The average molecular weight is 597 g/mol. The Morgan fingerprint density at radius 2 is 0.829 bits per heavy atom. The molecule has 0 amide bonds. The van der Waals surface area contributed by atoms with Gasteiger partial charge in [0.25, 0.3) is 0 Å². The van der Waals surface area contributed by atoms with Crippen molar-refractivity contribution in [3.63, 3.8) is 0 Å². The van der Waals surface area contributed by atoms with E-state index in [1.807, 2.05) is 13.8 Å². The number of aliphatic imine (C=N–C) groups is 2. The molecular formula is C26H24Cl4N2NiO2. The summed E-state index contributed by atoms with van der Waals surface area (Å²) in [4.78, 5) is 9.60. The van der Waals surface area contributed by atoms with Crippen molar-refractivity contribution in [1.82, 2.24) is 0 Å². The zero-order valence-corrected chi connectivity index (χ0v) is 24.0. The van der Waals surface area contributed by atoms with Crippen molar-refractivity contribution in [3.05, 3.63) is 78.7 Å². The minimum Gasteiger partial charge on any atom is -0.872 e. The van der Waals surface area contributed by atoms with E-state index in [1.54, 1.807) is 0 Å². The molecule has 3 rings (SSSR count). The van der Waals surface area contributed by atoms with Crippen LogP contribution in [0.4, 0.5) is 11.4 Å². The first-order chi connectivity index (χ1) is 15.9. The van der Waals surface area contributed by atoms with Crippen LogP contribution in [-0.4, -0.2) is 11.4 Å². The summed E-state index contributed by atoms with van der Waals surface area (Å²) in [6.45, 7) is 12.4. The molecule has 0 aromatic heterocycles. The molecule has 4 nitrogen and oxygen atoms in total. The smallest absolute Gasteiger partial charge is 0.872 e. The SMILES string of the molecule is CC(=Nc1c(C)cccc1C)C(C)=Nc1c(C)cccc1C.[Ni+2].[O-]c1c([O-])c(Cl)c(Cl)c(Cl)c1Cl. The molecule has 0 spiro atoms. The molecule has 35 heavy (non-hydrogen) atoms. The molecule has 0 heterocycles. The number of para-hydroxylation sites is 2. The molecule has 0 unspecified atom stereocenters. The molecule has 3 aromatic rings. The van der Waals surface area contributed by atoms with E-state index in [1.165, 1.54) is 22.3 Å². The van der Waals surface area contributed by atoms with Gasteiger partial charge in [0, 0.05) is 0 Å². The van der Waals surface area contributed by atoms with Gasteiger partial charge in [0.05, 0.1) is 42.9 Å². The third kappa shape index (κ3) is 7.62. The van der Waals surface area contributed by atoms with E-state index in [4.69, 9.17) is 56.4 Å².